The van der Waals surface area contributed by atoms with E-state index < -0.39 is 5.97 Å². The minimum Gasteiger partial charge on any atom is -0.478 e. The number of anilines is 1. The van der Waals surface area contributed by atoms with Crippen LogP contribution in [0.5, 0.6) is 0 Å². The van der Waals surface area contributed by atoms with Crippen molar-refractivity contribution in [2.24, 2.45) is 23.5 Å². The van der Waals surface area contributed by atoms with Gasteiger partial charge in [0.05, 0.1) is 5.56 Å². The van der Waals surface area contributed by atoms with Gasteiger partial charge >= 0.3 is 5.97 Å². The second-order valence-corrected chi connectivity index (χ2v) is 8.35. The van der Waals surface area contributed by atoms with E-state index in [2.05, 4.69) is 12.2 Å². The number of para-hydroxylation sites is 1. The van der Waals surface area contributed by atoms with Crippen LogP contribution in [0.15, 0.2) is 24.3 Å². The van der Waals surface area contributed by atoms with Crippen molar-refractivity contribution in [3.8, 4) is 0 Å². The summed E-state index contributed by atoms with van der Waals surface area (Å²) in [6.07, 6.45) is 11.2. The van der Waals surface area contributed by atoms with Gasteiger partial charge < -0.3 is 16.2 Å². The lowest BCUT2D eigenvalue weighted by Crippen LogP contribution is -2.49. The number of carboxylic acids is 1. The summed E-state index contributed by atoms with van der Waals surface area (Å²) < 4.78 is 0. The highest BCUT2D eigenvalue weighted by Crippen LogP contribution is 2.41. The van der Waals surface area contributed by atoms with Gasteiger partial charge in [-0.15, -0.1) is 0 Å². The zero-order valence-electron chi connectivity index (χ0n) is 16.0. The largest absolute Gasteiger partial charge is 0.478 e. The molecular weight excluding hydrogens is 324 g/mol. The maximum Gasteiger partial charge on any atom is 0.337 e. The highest BCUT2D eigenvalue weighted by Gasteiger charge is 2.38. The Hall–Kier alpha value is -1.55. The van der Waals surface area contributed by atoms with E-state index >= 15 is 0 Å². The molecule has 2 aliphatic rings. The third-order valence-electron chi connectivity index (χ3n) is 6.64. The Labute approximate surface area is 157 Å². The third-order valence-corrected chi connectivity index (χ3v) is 6.64. The second kappa shape index (κ2) is 8.90. The topological polar surface area (TPSA) is 75.3 Å². The molecule has 26 heavy (non-hydrogen) atoms. The summed E-state index contributed by atoms with van der Waals surface area (Å²) in [6.45, 7) is 2.21. The SMILES string of the molecule is CCCC1C(N)C[C@@H](C2CCCCC2)C[C@@H]1Nc1ccccc1C(=O)O. The standard InChI is InChI=1S/C22H34N2O2/c1-2-8-17-19(23)13-16(15-9-4-3-5-10-15)14-21(17)24-20-12-7-6-11-18(20)22(25)26/h6-7,11-12,15-17,19,21,24H,2-5,8-10,13-14,23H2,1H3,(H,25,26)/t16-,17?,19?,21+/m1/s1. The Balaban J connectivity index is 1.79. The van der Waals surface area contributed by atoms with Crippen LogP contribution in [-0.4, -0.2) is 23.2 Å². The van der Waals surface area contributed by atoms with Gasteiger partial charge in [0.15, 0.2) is 0 Å². The summed E-state index contributed by atoms with van der Waals surface area (Å²) >= 11 is 0. The molecule has 0 amide bonds. The van der Waals surface area contributed by atoms with Crippen molar-refractivity contribution in [2.45, 2.75) is 76.8 Å². The lowest BCUT2D eigenvalue weighted by molar-refractivity contribution is 0.0697. The van der Waals surface area contributed by atoms with E-state index in [0.717, 1.165) is 37.3 Å². The molecule has 0 aliphatic heterocycles. The van der Waals surface area contributed by atoms with Crippen molar-refractivity contribution in [2.75, 3.05) is 5.32 Å². The lowest BCUT2D eigenvalue weighted by Gasteiger charge is -2.44. The van der Waals surface area contributed by atoms with Crippen molar-refractivity contribution in [3.63, 3.8) is 0 Å². The number of rotatable bonds is 6. The van der Waals surface area contributed by atoms with Crippen LogP contribution in [-0.2, 0) is 0 Å². The molecule has 3 rings (SSSR count). The third kappa shape index (κ3) is 4.40. The quantitative estimate of drug-likeness (QED) is 0.676. The van der Waals surface area contributed by atoms with Crippen molar-refractivity contribution in [3.05, 3.63) is 29.8 Å². The van der Waals surface area contributed by atoms with Crippen LogP contribution in [0.3, 0.4) is 0 Å². The summed E-state index contributed by atoms with van der Waals surface area (Å²) in [5.41, 5.74) is 7.74. The molecule has 4 nitrogen and oxygen atoms in total. The average molecular weight is 359 g/mol. The van der Waals surface area contributed by atoms with Crippen LogP contribution in [0.4, 0.5) is 5.69 Å². The van der Waals surface area contributed by atoms with Crippen molar-refractivity contribution in [1.82, 2.24) is 0 Å². The molecule has 4 atom stereocenters. The van der Waals surface area contributed by atoms with Crippen molar-refractivity contribution >= 4 is 11.7 Å². The van der Waals surface area contributed by atoms with E-state index in [0.29, 0.717) is 17.4 Å². The van der Waals surface area contributed by atoms with Gasteiger partial charge in [-0.3, -0.25) is 0 Å². The summed E-state index contributed by atoms with van der Waals surface area (Å²) in [7, 11) is 0. The molecule has 4 heteroatoms. The fourth-order valence-electron chi connectivity index (χ4n) is 5.32. The van der Waals surface area contributed by atoms with Crippen molar-refractivity contribution in [1.29, 1.82) is 0 Å². The summed E-state index contributed by atoms with van der Waals surface area (Å²) in [4.78, 5) is 11.6. The first-order valence-corrected chi connectivity index (χ1v) is 10.4. The smallest absolute Gasteiger partial charge is 0.337 e. The van der Waals surface area contributed by atoms with E-state index in [1.54, 1.807) is 12.1 Å². The van der Waals surface area contributed by atoms with Gasteiger partial charge in [-0.1, -0.05) is 57.6 Å². The fourth-order valence-corrected chi connectivity index (χ4v) is 5.32. The molecule has 4 N–H and O–H groups in total. The van der Waals surface area contributed by atoms with E-state index in [4.69, 9.17) is 5.73 Å². The van der Waals surface area contributed by atoms with Crippen LogP contribution < -0.4 is 11.1 Å². The number of nitrogens with one attached hydrogen (secondary N) is 1. The first-order chi connectivity index (χ1) is 12.6. The van der Waals surface area contributed by atoms with E-state index in [9.17, 15) is 9.90 Å². The van der Waals surface area contributed by atoms with Gasteiger partial charge in [-0.25, -0.2) is 4.79 Å². The predicted molar refractivity (Wildman–Crippen MR) is 106 cm³/mol. The highest BCUT2D eigenvalue weighted by molar-refractivity contribution is 5.94. The number of aromatic carboxylic acids is 1. The number of hydrogen-bond acceptors (Lipinski definition) is 3. The Morgan fingerprint density at radius 2 is 1.88 bits per heavy atom. The van der Waals surface area contributed by atoms with Gasteiger partial charge in [0.2, 0.25) is 0 Å². The van der Waals surface area contributed by atoms with E-state index in [1.165, 1.54) is 32.1 Å². The number of nitrogens with two attached hydrogens (primary N) is 1. The minimum atomic E-state index is -0.871. The summed E-state index contributed by atoms with van der Waals surface area (Å²) in [6, 6.07) is 7.75. The van der Waals surface area contributed by atoms with Gasteiger partial charge in [-0.05, 0) is 49.1 Å². The average Bonchev–Trinajstić information content (AvgIpc) is 2.65. The number of carbonyl (C=O) groups is 1. The number of benzene rings is 1. The van der Waals surface area contributed by atoms with Crippen LogP contribution in [0.25, 0.3) is 0 Å². The normalized spacial score (nSPS) is 30.1. The van der Waals surface area contributed by atoms with Gasteiger partial charge in [0.1, 0.15) is 0 Å². The highest BCUT2D eigenvalue weighted by atomic mass is 16.4. The van der Waals surface area contributed by atoms with Crippen LogP contribution >= 0.6 is 0 Å². The first kappa shape index (κ1) is 19.2. The molecule has 0 spiro atoms. The molecule has 0 heterocycles. The molecule has 2 unspecified atom stereocenters. The molecular formula is C22H34N2O2. The van der Waals surface area contributed by atoms with Crippen LogP contribution in [0, 0.1) is 17.8 Å². The fraction of sp³-hybridized carbons (Fsp3) is 0.682. The Morgan fingerprint density at radius 3 is 2.58 bits per heavy atom. The Kier molecular flexibility index (Phi) is 6.58. The molecule has 2 aliphatic carbocycles. The minimum absolute atomic E-state index is 0.213. The second-order valence-electron chi connectivity index (χ2n) is 8.35. The maximum absolute atomic E-state index is 11.6. The van der Waals surface area contributed by atoms with Gasteiger partial charge in [0, 0.05) is 17.8 Å². The summed E-state index contributed by atoms with van der Waals surface area (Å²) in [5, 5.41) is 13.1. The van der Waals surface area contributed by atoms with Crippen LogP contribution in [0.1, 0.15) is 75.1 Å². The molecule has 0 saturated heterocycles. The number of hydrogen-bond donors (Lipinski definition) is 3. The molecule has 2 saturated carbocycles. The molecule has 1 aromatic rings. The number of carboxylic acid groups (broad SMARTS) is 1. The summed E-state index contributed by atoms with van der Waals surface area (Å²) in [5.74, 6) is 1.02. The van der Waals surface area contributed by atoms with Crippen LogP contribution in [0.2, 0.25) is 0 Å². The molecule has 2 fully saturated rings. The molecule has 1 aromatic carbocycles. The molecule has 0 bridgehead atoms. The first-order valence-electron chi connectivity index (χ1n) is 10.4. The molecule has 144 valence electrons. The van der Waals surface area contributed by atoms with Gasteiger partial charge in [0.25, 0.3) is 0 Å². The van der Waals surface area contributed by atoms with E-state index in [-0.39, 0.29) is 12.1 Å². The zero-order valence-corrected chi connectivity index (χ0v) is 16.0. The zero-order chi connectivity index (χ0) is 18.5. The molecule has 0 radical (unpaired) electrons. The molecule has 0 aromatic heterocycles. The van der Waals surface area contributed by atoms with Crippen molar-refractivity contribution < 1.29 is 9.90 Å². The maximum atomic E-state index is 11.6. The monoisotopic (exact) mass is 358 g/mol. The van der Waals surface area contributed by atoms with Gasteiger partial charge in [-0.2, -0.15) is 0 Å². The predicted octanol–water partition coefficient (Wildman–Crippen LogP) is 4.90. The Morgan fingerprint density at radius 1 is 1.15 bits per heavy atom. The lowest BCUT2D eigenvalue weighted by atomic mass is 9.66. The van der Waals surface area contributed by atoms with E-state index in [1.807, 2.05) is 12.1 Å². The Bertz CT molecular complexity index is 598.